The van der Waals surface area contributed by atoms with E-state index in [9.17, 15) is 0 Å². The normalized spacial score (nSPS) is 11.9. The SMILES string of the molecule is COCCOc1ccc2c(Cl)c(SC(C)(C)C)cnc2c1. The van der Waals surface area contributed by atoms with Crippen molar-refractivity contribution >= 4 is 34.3 Å². The highest BCUT2D eigenvalue weighted by Crippen LogP contribution is 2.39. The maximum Gasteiger partial charge on any atom is 0.121 e. The fourth-order valence-corrected chi connectivity index (χ4v) is 3.14. The highest BCUT2D eigenvalue weighted by molar-refractivity contribution is 8.00. The van der Waals surface area contributed by atoms with Crippen LogP contribution in [0, 0.1) is 0 Å². The first-order chi connectivity index (χ1) is 9.90. The van der Waals surface area contributed by atoms with Gasteiger partial charge in [0, 0.05) is 34.4 Å². The molecule has 0 spiro atoms. The van der Waals surface area contributed by atoms with Crippen LogP contribution in [0.4, 0.5) is 0 Å². The number of thioether (sulfide) groups is 1. The number of fused-ring (bicyclic) bond motifs is 1. The molecule has 0 saturated heterocycles. The van der Waals surface area contributed by atoms with Crippen LogP contribution in [-0.2, 0) is 4.74 Å². The van der Waals surface area contributed by atoms with E-state index in [1.807, 2.05) is 24.4 Å². The minimum absolute atomic E-state index is 0.0994. The predicted molar refractivity (Wildman–Crippen MR) is 89.7 cm³/mol. The van der Waals surface area contributed by atoms with Crippen molar-refractivity contribution in [2.24, 2.45) is 0 Å². The Morgan fingerprint density at radius 1 is 1.24 bits per heavy atom. The third-order valence-electron chi connectivity index (χ3n) is 2.72. The molecule has 2 rings (SSSR count). The lowest BCUT2D eigenvalue weighted by Gasteiger charge is -2.18. The summed E-state index contributed by atoms with van der Waals surface area (Å²) in [5.74, 6) is 0.777. The molecule has 0 aliphatic rings. The minimum Gasteiger partial charge on any atom is -0.491 e. The number of ether oxygens (including phenoxy) is 2. The lowest BCUT2D eigenvalue weighted by atomic mass is 10.2. The first-order valence-corrected chi connectivity index (χ1v) is 7.99. The van der Waals surface area contributed by atoms with Gasteiger partial charge in [-0.3, -0.25) is 4.98 Å². The van der Waals surface area contributed by atoms with Crippen molar-refractivity contribution < 1.29 is 9.47 Å². The van der Waals surface area contributed by atoms with Crippen LogP contribution < -0.4 is 4.74 Å². The fourth-order valence-electron chi connectivity index (χ4n) is 1.86. The number of hydrogen-bond acceptors (Lipinski definition) is 4. The Bertz CT molecular complexity index is 625. The molecule has 21 heavy (non-hydrogen) atoms. The molecule has 0 saturated carbocycles. The van der Waals surface area contributed by atoms with Crippen LogP contribution in [0.3, 0.4) is 0 Å². The molecule has 0 aliphatic carbocycles. The number of rotatable bonds is 5. The van der Waals surface area contributed by atoms with Gasteiger partial charge < -0.3 is 9.47 Å². The molecule has 1 aromatic carbocycles. The van der Waals surface area contributed by atoms with E-state index in [1.165, 1.54) is 0 Å². The van der Waals surface area contributed by atoms with E-state index in [0.717, 1.165) is 26.6 Å². The quantitative estimate of drug-likeness (QED) is 0.583. The van der Waals surface area contributed by atoms with E-state index in [2.05, 4.69) is 25.8 Å². The average Bonchev–Trinajstić information content (AvgIpc) is 2.41. The Balaban J connectivity index is 2.28. The Labute approximate surface area is 135 Å². The molecule has 3 nitrogen and oxygen atoms in total. The van der Waals surface area contributed by atoms with Crippen LogP contribution in [-0.4, -0.2) is 30.1 Å². The minimum atomic E-state index is 0.0994. The summed E-state index contributed by atoms with van der Waals surface area (Å²) in [7, 11) is 1.65. The summed E-state index contributed by atoms with van der Waals surface area (Å²) < 4.78 is 10.7. The van der Waals surface area contributed by atoms with Crippen molar-refractivity contribution in [3.8, 4) is 5.75 Å². The molecular formula is C16H20ClNO2S. The Morgan fingerprint density at radius 3 is 2.67 bits per heavy atom. The number of pyridine rings is 1. The number of nitrogens with zero attached hydrogens (tertiary/aromatic N) is 1. The molecule has 0 fully saturated rings. The second-order valence-electron chi connectivity index (χ2n) is 5.67. The number of hydrogen-bond donors (Lipinski definition) is 0. The lowest BCUT2D eigenvalue weighted by Crippen LogP contribution is -2.07. The van der Waals surface area contributed by atoms with Gasteiger partial charge in [-0.1, -0.05) is 32.4 Å². The molecule has 5 heteroatoms. The van der Waals surface area contributed by atoms with Gasteiger partial charge in [-0.05, 0) is 12.1 Å². The molecule has 2 aromatic rings. The zero-order valence-electron chi connectivity index (χ0n) is 12.8. The summed E-state index contributed by atoms with van der Waals surface area (Å²) in [6.07, 6.45) is 1.83. The predicted octanol–water partition coefficient (Wildman–Crippen LogP) is 4.80. The van der Waals surface area contributed by atoms with Crippen LogP contribution in [0.1, 0.15) is 20.8 Å². The summed E-state index contributed by atoms with van der Waals surface area (Å²) in [6, 6.07) is 5.78. The maximum absolute atomic E-state index is 6.51. The van der Waals surface area contributed by atoms with Crippen molar-refractivity contribution in [1.29, 1.82) is 0 Å². The van der Waals surface area contributed by atoms with Crippen molar-refractivity contribution in [1.82, 2.24) is 4.98 Å². The second-order valence-corrected chi connectivity index (χ2v) is 7.92. The number of halogens is 1. The molecule has 114 valence electrons. The van der Waals surface area contributed by atoms with Crippen LogP contribution in [0.25, 0.3) is 10.9 Å². The van der Waals surface area contributed by atoms with E-state index >= 15 is 0 Å². The first kappa shape index (κ1) is 16.4. The zero-order chi connectivity index (χ0) is 15.5. The highest BCUT2D eigenvalue weighted by Gasteiger charge is 2.16. The monoisotopic (exact) mass is 325 g/mol. The number of methoxy groups -OCH3 is 1. The number of aromatic nitrogens is 1. The van der Waals surface area contributed by atoms with E-state index in [1.54, 1.807) is 18.9 Å². The van der Waals surface area contributed by atoms with Gasteiger partial charge in [-0.25, -0.2) is 0 Å². The van der Waals surface area contributed by atoms with Gasteiger partial charge in [-0.2, -0.15) is 0 Å². The molecule has 0 radical (unpaired) electrons. The standard InChI is InChI=1S/C16H20ClNO2S/c1-16(2,3)21-14-10-18-13-9-11(20-8-7-19-4)5-6-12(13)15(14)17/h5-6,9-10H,7-8H2,1-4H3. The third kappa shape index (κ3) is 4.50. The van der Waals surface area contributed by atoms with Gasteiger partial charge in [0.05, 0.1) is 17.1 Å². The summed E-state index contributed by atoms with van der Waals surface area (Å²) in [6.45, 7) is 7.56. The first-order valence-electron chi connectivity index (χ1n) is 6.80. The van der Waals surface area contributed by atoms with E-state index in [-0.39, 0.29) is 4.75 Å². The van der Waals surface area contributed by atoms with Crippen molar-refractivity contribution in [3.63, 3.8) is 0 Å². The average molecular weight is 326 g/mol. The van der Waals surface area contributed by atoms with Gasteiger partial charge in [0.25, 0.3) is 0 Å². The van der Waals surface area contributed by atoms with E-state index in [4.69, 9.17) is 21.1 Å². The summed E-state index contributed by atoms with van der Waals surface area (Å²) in [5.41, 5.74) is 0.841. The van der Waals surface area contributed by atoms with E-state index in [0.29, 0.717) is 13.2 Å². The molecule has 0 bridgehead atoms. The third-order valence-corrected chi connectivity index (χ3v) is 4.38. The molecular weight excluding hydrogens is 306 g/mol. The van der Waals surface area contributed by atoms with Crippen LogP contribution in [0.15, 0.2) is 29.3 Å². The Morgan fingerprint density at radius 2 is 2.00 bits per heavy atom. The second kappa shape index (κ2) is 6.86. The molecule has 1 aromatic heterocycles. The molecule has 0 aliphatic heterocycles. The van der Waals surface area contributed by atoms with Gasteiger partial charge in [0.15, 0.2) is 0 Å². The molecule has 0 amide bonds. The van der Waals surface area contributed by atoms with Crippen LogP contribution >= 0.6 is 23.4 Å². The zero-order valence-corrected chi connectivity index (χ0v) is 14.3. The molecule has 1 heterocycles. The Hall–Kier alpha value is -0.970. The topological polar surface area (TPSA) is 31.4 Å². The van der Waals surface area contributed by atoms with Gasteiger partial charge in [0.2, 0.25) is 0 Å². The van der Waals surface area contributed by atoms with E-state index < -0.39 is 0 Å². The Kier molecular flexibility index (Phi) is 5.36. The molecule has 0 unspecified atom stereocenters. The maximum atomic E-state index is 6.51. The lowest BCUT2D eigenvalue weighted by molar-refractivity contribution is 0.146. The smallest absolute Gasteiger partial charge is 0.121 e. The summed E-state index contributed by atoms with van der Waals surface area (Å²) in [4.78, 5) is 5.50. The van der Waals surface area contributed by atoms with Crippen LogP contribution in [0.2, 0.25) is 5.02 Å². The van der Waals surface area contributed by atoms with Crippen molar-refractivity contribution in [3.05, 3.63) is 29.4 Å². The summed E-state index contributed by atoms with van der Waals surface area (Å²) in [5, 5.41) is 1.70. The van der Waals surface area contributed by atoms with Gasteiger partial charge >= 0.3 is 0 Å². The molecule has 0 atom stereocenters. The van der Waals surface area contributed by atoms with Gasteiger partial charge in [-0.15, -0.1) is 11.8 Å². The number of benzene rings is 1. The van der Waals surface area contributed by atoms with Gasteiger partial charge in [0.1, 0.15) is 12.4 Å². The highest BCUT2D eigenvalue weighted by atomic mass is 35.5. The van der Waals surface area contributed by atoms with Crippen LogP contribution in [0.5, 0.6) is 5.75 Å². The fraction of sp³-hybridized carbons (Fsp3) is 0.438. The summed E-state index contributed by atoms with van der Waals surface area (Å²) >= 11 is 8.23. The van der Waals surface area contributed by atoms with Crippen molar-refractivity contribution in [2.75, 3.05) is 20.3 Å². The molecule has 0 N–H and O–H groups in total. The largest absolute Gasteiger partial charge is 0.491 e. The van der Waals surface area contributed by atoms with Crippen molar-refractivity contribution in [2.45, 2.75) is 30.4 Å².